The van der Waals surface area contributed by atoms with Crippen molar-refractivity contribution in [1.29, 1.82) is 0 Å². The highest BCUT2D eigenvalue weighted by atomic mass is 16.6. The Kier molecular flexibility index (Phi) is 8.05. The van der Waals surface area contributed by atoms with Crippen molar-refractivity contribution in [3.63, 3.8) is 0 Å². The number of carbonyl (C=O) groups excluding carboxylic acids is 2. The summed E-state index contributed by atoms with van der Waals surface area (Å²) in [6, 6.07) is 7.59. The molecule has 0 saturated carbocycles. The minimum atomic E-state index is -0.561. The molecule has 162 valence electrons. The van der Waals surface area contributed by atoms with Gasteiger partial charge in [0.2, 0.25) is 0 Å². The van der Waals surface area contributed by atoms with Crippen molar-refractivity contribution in [3.05, 3.63) is 35.4 Å². The molecular formula is C22H35N3O4. The predicted molar refractivity (Wildman–Crippen MR) is 113 cm³/mol. The van der Waals surface area contributed by atoms with Gasteiger partial charge in [-0.25, -0.2) is 4.79 Å². The molecule has 7 nitrogen and oxygen atoms in total. The third-order valence-electron chi connectivity index (χ3n) is 4.82. The van der Waals surface area contributed by atoms with Gasteiger partial charge in [0.15, 0.2) is 0 Å². The van der Waals surface area contributed by atoms with E-state index in [9.17, 15) is 9.59 Å². The summed E-state index contributed by atoms with van der Waals surface area (Å²) in [6.45, 7) is 7.17. The van der Waals surface area contributed by atoms with Gasteiger partial charge in [0, 0.05) is 32.3 Å². The summed E-state index contributed by atoms with van der Waals surface area (Å²) in [5.74, 6) is -0.0175. The monoisotopic (exact) mass is 405 g/mol. The standard InChI is InChI=1S/C22H35N3O4/c1-22(2,3)29-21(27)23-14-18-13-19(28-6)10-11-25(18)20(26)17-9-7-8-16(12-17)15-24(4)5/h7-9,12,18-19H,10-11,13-15H2,1-6H3,(H,23,27)/t18-,19+/m1/s1. The number of hydrogen-bond donors (Lipinski definition) is 1. The van der Waals surface area contributed by atoms with E-state index in [4.69, 9.17) is 9.47 Å². The molecule has 0 aromatic heterocycles. The van der Waals surface area contributed by atoms with Crippen LogP contribution in [0.3, 0.4) is 0 Å². The molecule has 0 radical (unpaired) electrons. The summed E-state index contributed by atoms with van der Waals surface area (Å²) >= 11 is 0. The van der Waals surface area contributed by atoms with Gasteiger partial charge in [-0.05, 0) is 65.4 Å². The van der Waals surface area contributed by atoms with Crippen molar-refractivity contribution in [3.8, 4) is 0 Å². The number of nitrogens with one attached hydrogen (secondary N) is 1. The highest BCUT2D eigenvalue weighted by Crippen LogP contribution is 2.22. The molecule has 1 aromatic carbocycles. The molecule has 1 aliphatic rings. The van der Waals surface area contributed by atoms with Crippen molar-refractivity contribution in [2.75, 3.05) is 34.3 Å². The number of rotatable bonds is 6. The number of amides is 2. The second kappa shape index (κ2) is 10.1. The number of carbonyl (C=O) groups is 2. The van der Waals surface area contributed by atoms with Gasteiger partial charge in [0.25, 0.3) is 5.91 Å². The van der Waals surface area contributed by atoms with E-state index >= 15 is 0 Å². The van der Waals surface area contributed by atoms with E-state index in [-0.39, 0.29) is 18.1 Å². The largest absolute Gasteiger partial charge is 0.444 e. The quantitative estimate of drug-likeness (QED) is 0.788. The predicted octanol–water partition coefficient (Wildman–Crippen LogP) is 2.89. The van der Waals surface area contributed by atoms with Crippen molar-refractivity contribution in [1.82, 2.24) is 15.1 Å². The summed E-state index contributed by atoms with van der Waals surface area (Å²) in [7, 11) is 5.69. The molecule has 2 amide bonds. The van der Waals surface area contributed by atoms with E-state index in [2.05, 4.69) is 10.2 Å². The first-order valence-corrected chi connectivity index (χ1v) is 10.1. The van der Waals surface area contributed by atoms with Gasteiger partial charge in [-0.3, -0.25) is 4.79 Å². The zero-order valence-corrected chi connectivity index (χ0v) is 18.5. The fourth-order valence-corrected chi connectivity index (χ4v) is 3.54. The summed E-state index contributed by atoms with van der Waals surface area (Å²) in [5.41, 5.74) is 1.20. The first kappa shape index (κ1) is 23.2. The lowest BCUT2D eigenvalue weighted by Gasteiger charge is -2.39. The van der Waals surface area contributed by atoms with E-state index in [1.807, 2.05) is 64.0 Å². The molecule has 2 rings (SSSR count). The van der Waals surface area contributed by atoms with E-state index in [1.54, 1.807) is 7.11 Å². The Morgan fingerprint density at radius 2 is 2.00 bits per heavy atom. The van der Waals surface area contributed by atoms with Crippen molar-refractivity contribution < 1.29 is 19.1 Å². The Balaban J connectivity index is 2.11. The molecule has 1 N–H and O–H groups in total. The minimum absolute atomic E-state index is 0.0175. The number of benzene rings is 1. The lowest BCUT2D eigenvalue weighted by atomic mass is 9.97. The van der Waals surface area contributed by atoms with Gasteiger partial charge >= 0.3 is 6.09 Å². The fraction of sp³-hybridized carbons (Fsp3) is 0.636. The number of nitrogens with zero attached hydrogens (tertiary/aromatic N) is 2. The highest BCUT2D eigenvalue weighted by molar-refractivity contribution is 5.94. The van der Waals surface area contributed by atoms with E-state index in [0.717, 1.165) is 18.5 Å². The number of methoxy groups -OCH3 is 1. The smallest absolute Gasteiger partial charge is 0.407 e. The first-order valence-electron chi connectivity index (χ1n) is 10.1. The Morgan fingerprint density at radius 3 is 2.62 bits per heavy atom. The molecular weight excluding hydrogens is 370 g/mol. The number of likely N-dealkylation sites (tertiary alicyclic amines) is 1. The first-order chi connectivity index (χ1) is 13.6. The van der Waals surface area contributed by atoms with Crippen molar-refractivity contribution >= 4 is 12.0 Å². The third-order valence-corrected chi connectivity index (χ3v) is 4.82. The normalized spacial score (nSPS) is 19.9. The molecule has 1 aromatic rings. The number of alkyl carbamates (subject to hydrolysis) is 1. The average Bonchev–Trinajstić information content (AvgIpc) is 2.64. The molecule has 29 heavy (non-hydrogen) atoms. The zero-order chi connectivity index (χ0) is 21.6. The Morgan fingerprint density at radius 1 is 1.28 bits per heavy atom. The maximum Gasteiger partial charge on any atom is 0.407 e. The van der Waals surface area contributed by atoms with Gasteiger partial charge in [-0.2, -0.15) is 0 Å². The average molecular weight is 406 g/mol. The van der Waals surface area contributed by atoms with Crippen LogP contribution in [0.25, 0.3) is 0 Å². The molecule has 1 aliphatic heterocycles. The minimum Gasteiger partial charge on any atom is -0.444 e. The lowest BCUT2D eigenvalue weighted by molar-refractivity contribution is 0.00974. The number of hydrogen-bond acceptors (Lipinski definition) is 5. The van der Waals surface area contributed by atoms with Gasteiger partial charge in [0.1, 0.15) is 5.60 Å². The van der Waals surface area contributed by atoms with Crippen LogP contribution in [0.4, 0.5) is 4.79 Å². The van der Waals surface area contributed by atoms with Crippen LogP contribution < -0.4 is 5.32 Å². The van der Waals surface area contributed by atoms with Crippen molar-refractivity contribution in [2.24, 2.45) is 0 Å². The maximum absolute atomic E-state index is 13.2. The fourth-order valence-electron chi connectivity index (χ4n) is 3.54. The third kappa shape index (κ3) is 7.33. The summed E-state index contributed by atoms with van der Waals surface area (Å²) in [4.78, 5) is 29.2. The van der Waals surface area contributed by atoms with Crippen LogP contribution in [0.2, 0.25) is 0 Å². The van der Waals surface area contributed by atoms with Crippen LogP contribution in [0.1, 0.15) is 49.5 Å². The molecule has 1 heterocycles. The van der Waals surface area contributed by atoms with Crippen LogP contribution in [-0.2, 0) is 16.0 Å². The van der Waals surface area contributed by atoms with Crippen LogP contribution >= 0.6 is 0 Å². The van der Waals surface area contributed by atoms with E-state index < -0.39 is 11.7 Å². The van der Waals surface area contributed by atoms with Gasteiger partial charge in [0.05, 0.1) is 12.1 Å². The van der Waals surface area contributed by atoms with E-state index in [1.165, 1.54) is 0 Å². The van der Waals surface area contributed by atoms with Gasteiger partial charge < -0.3 is 24.6 Å². The number of ether oxygens (including phenoxy) is 2. The molecule has 0 bridgehead atoms. The Bertz CT molecular complexity index is 700. The summed E-state index contributed by atoms with van der Waals surface area (Å²) in [6.07, 6.45) is 1.06. The van der Waals surface area contributed by atoms with Gasteiger partial charge in [-0.15, -0.1) is 0 Å². The second-order valence-corrected chi connectivity index (χ2v) is 8.86. The van der Waals surface area contributed by atoms with Crippen LogP contribution in [-0.4, -0.2) is 73.8 Å². The van der Waals surface area contributed by atoms with E-state index in [0.29, 0.717) is 25.1 Å². The SMILES string of the molecule is CO[C@H]1CCN(C(=O)c2cccc(CN(C)C)c2)[C@@H](CNC(=O)OC(C)(C)C)C1. The Labute approximate surface area is 174 Å². The molecule has 2 atom stereocenters. The topological polar surface area (TPSA) is 71.1 Å². The highest BCUT2D eigenvalue weighted by Gasteiger charge is 2.33. The molecule has 0 unspecified atom stereocenters. The van der Waals surface area contributed by atoms with Crippen LogP contribution in [0.15, 0.2) is 24.3 Å². The second-order valence-electron chi connectivity index (χ2n) is 8.86. The molecule has 0 spiro atoms. The number of piperidine rings is 1. The van der Waals surface area contributed by atoms with Crippen LogP contribution in [0.5, 0.6) is 0 Å². The maximum atomic E-state index is 13.2. The molecule has 1 fully saturated rings. The van der Waals surface area contributed by atoms with Crippen molar-refractivity contribution in [2.45, 2.75) is 57.9 Å². The zero-order valence-electron chi connectivity index (χ0n) is 18.5. The molecule has 1 saturated heterocycles. The molecule has 0 aliphatic carbocycles. The summed E-state index contributed by atoms with van der Waals surface area (Å²) in [5, 5.41) is 2.81. The molecule has 7 heteroatoms. The van der Waals surface area contributed by atoms with Crippen LogP contribution in [0, 0.1) is 0 Å². The lowest BCUT2D eigenvalue weighted by Crippen LogP contribution is -2.53. The Hall–Kier alpha value is -2.12. The summed E-state index contributed by atoms with van der Waals surface area (Å²) < 4.78 is 10.8. The van der Waals surface area contributed by atoms with Gasteiger partial charge in [-0.1, -0.05) is 12.1 Å².